The molecule has 6 nitrogen and oxygen atoms in total. The third-order valence-corrected chi connectivity index (χ3v) is 4.41. The lowest BCUT2D eigenvalue weighted by molar-refractivity contribution is -0.113. The number of methoxy groups -OCH3 is 1. The van der Waals surface area contributed by atoms with Crippen molar-refractivity contribution < 1.29 is 13.9 Å². The second kappa shape index (κ2) is 7.85. The Morgan fingerprint density at radius 2 is 1.92 bits per heavy atom. The van der Waals surface area contributed by atoms with E-state index < -0.39 is 0 Å². The number of nitrogens with one attached hydrogen (secondary N) is 1. The van der Waals surface area contributed by atoms with E-state index in [1.165, 1.54) is 17.3 Å². The topological polar surface area (TPSA) is 77.3 Å². The maximum Gasteiger partial charge on any atom is 0.322 e. The van der Waals surface area contributed by atoms with Crippen molar-refractivity contribution >= 4 is 23.7 Å². The van der Waals surface area contributed by atoms with Crippen LogP contribution in [0.15, 0.2) is 57.8 Å². The number of nitrogens with zero attached hydrogens (tertiary/aromatic N) is 2. The molecule has 0 bridgehead atoms. The zero-order chi connectivity index (χ0) is 17.6. The first-order valence-corrected chi connectivity index (χ1v) is 8.60. The van der Waals surface area contributed by atoms with E-state index in [4.69, 9.17) is 9.15 Å². The lowest BCUT2D eigenvalue weighted by Crippen LogP contribution is -2.14. The molecule has 0 aliphatic heterocycles. The number of hydrogen-bond donors (Lipinski definition) is 1. The van der Waals surface area contributed by atoms with Crippen LogP contribution >= 0.6 is 11.8 Å². The van der Waals surface area contributed by atoms with Crippen molar-refractivity contribution in [2.75, 3.05) is 18.2 Å². The average molecular weight is 355 g/mol. The van der Waals surface area contributed by atoms with E-state index in [9.17, 15) is 4.79 Å². The van der Waals surface area contributed by atoms with Gasteiger partial charge in [0.05, 0.1) is 18.4 Å². The first kappa shape index (κ1) is 17.0. The summed E-state index contributed by atoms with van der Waals surface area (Å²) in [6.07, 6.45) is 0. The van der Waals surface area contributed by atoms with Crippen molar-refractivity contribution in [2.45, 2.75) is 11.8 Å². The molecule has 0 saturated carbocycles. The highest BCUT2D eigenvalue weighted by Gasteiger charge is 2.14. The molecule has 2 aromatic carbocycles. The van der Waals surface area contributed by atoms with E-state index in [0.29, 0.717) is 17.2 Å². The second-order valence-corrected chi connectivity index (χ2v) is 6.31. The molecule has 0 aliphatic carbocycles. The van der Waals surface area contributed by atoms with Crippen LogP contribution in [0.2, 0.25) is 0 Å². The summed E-state index contributed by atoms with van der Waals surface area (Å²) in [6.45, 7) is 2.02. The number of para-hydroxylation sites is 1. The van der Waals surface area contributed by atoms with Gasteiger partial charge < -0.3 is 9.15 Å². The Hall–Kier alpha value is -2.80. The quantitative estimate of drug-likeness (QED) is 0.678. The zero-order valence-electron chi connectivity index (χ0n) is 13.9. The van der Waals surface area contributed by atoms with Crippen LogP contribution in [0.5, 0.6) is 5.75 Å². The van der Waals surface area contributed by atoms with Gasteiger partial charge in [-0.1, -0.05) is 34.9 Å². The Kier molecular flexibility index (Phi) is 5.35. The Labute approximate surface area is 149 Å². The second-order valence-electron chi connectivity index (χ2n) is 5.26. The first-order chi connectivity index (χ1) is 12.2. The summed E-state index contributed by atoms with van der Waals surface area (Å²) in [4.78, 5) is 13.1. The fraction of sp³-hybridized carbons (Fsp3) is 0.167. The van der Waals surface area contributed by atoms with E-state index in [-0.39, 0.29) is 17.7 Å². The van der Waals surface area contributed by atoms with Crippen LogP contribution in [0.25, 0.3) is 11.5 Å². The molecule has 0 fully saturated rings. The summed E-state index contributed by atoms with van der Waals surface area (Å²) in [5.74, 6) is 0.966. The molecule has 0 spiro atoms. The van der Waals surface area contributed by atoms with Gasteiger partial charge in [0.15, 0.2) is 0 Å². The number of thioether (sulfide) groups is 1. The monoisotopic (exact) mass is 355 g/mol. The zero-order valence-corrected chi connectivity index (χ0v) is 14.7. The summed E-state index contributed by atoms with van der Waals surface area (Å²) in [5, 5.41) is 10.4. The van der Waals surface area contributed by atoms with Gasteiger partial charge in [-0.15, -0.1) is 16.9 Å². The molecule has 0 atom stereocenters. The predicted molar refractivity (Wildman–Crippen MR) is 96.8 cm³/mol. The number of anilines is 1. The molecule has 128 valence electrons. The highest BCUT2D eigenvalue weighted by atomic mass is 32.2. The molecular weight excluding hydrogens is 338 g/mol. The smallest absolute Gasteiger partial charge is 0.322 e. The van der Waals surface area contributed by atoms with Gasteiger partial charge >= 0.3 is 6.01 Å². The number of carbonyl (C=O) groups excluding carboxylic acids is 1. The largest absolute Gasteiger partial charge is 0.496 e. The average Bonchev–Trinajstić information content (AvgIpc) is 3.09. The van der Waals surface area contributed by atoms with Crippen molar-refractivity contribution in [3.05, 3.63) is 54.1 Å². The molecule has 0 radical (unpaired) electrons. The third-order valence-electron chi connectivity index (χ3n) is 3.40. The molecule has 1 aromatic heterocycles. The molecule has 0 aliphatic rings. The van der Waals surface area contributed by atoms with E-state index in [0.717, 1.165) is 4.90 Å². The number of ether oxygens (including phenoxy) is 1. The third kappa shape index (κ3) is 4.39. The van der Waals surface area contributed by atoms with Crippen LogP contribution in [-0.4, -0.2) is 29.0 Å². The number of hydrogen-bond acceptors (Lipinski definition) is 6. The van der Waals surface area contributed by atoms with Crippen LogP contribution < -0.4 is 10.1 Å². The molecule has 0 unspecified atom stereocenters. The summed E-state index contributed by atoms with van der Waals surface area (Å²) in [5.41, 5.74) is 1.86. The molecular formula is C18H17N3O3S. The van der Waals surface area contributed by atoms with Crippen LogP contribution in [0, 0.1) is 6.92 Å². The van der Waals surface area contributed by atoms with Gasteiger partial charge in [-0.3, -0.25) is 10.1 Å². The van der Waals surface area contributed by atoms with Gasteiger partial charge in [0.2, 0.25) is 5.91 Å². The molecule has 7 heteroatoms. The van der Waals surface area contributed by atoms with Crippen LogP contribution in [0.1, 0.15) is 5.56 Å². The van der Waals surface area contributed by atoms with Gasteiger partial charge in [-0.05, 0) is 31.2 Å². The molecule has 1 N–H and O–H groups in total. The Bertz CT molecular complexity index is 862. The number of amides is 1. The number of aryl methyl sites for hydroxylation is 1. The highest BCUT2D eigenvalue weighted by Crippen LogP contribution is 2.29. The van der Waals surface area contributed by atoms with Gasteiger partial charge in [-0.25, -0.2) is 0 Å². The van der Waals surface area contributed by atoms with Gasteiger partial charge in [0.1, 0.15) is 5.75 Å². The molecule has 1 amide bonds. The van der Waals surface area contributed by atoms with Crippen LogP contribution in [0.3, 0.4) is 0 Å². The molecule has 25 heavy (non-hydrogen) atoms. The van der Waals surface area contributed by atoms with Crippen LogP contribution in [-0.2, 0) is 4.79 Å². The SMILES string of the molecule is COc1ccccc1-c1nnc(NC(=O)CSc2ccc(C)cc2)o1. The Morgan fingerprint density at radius 3 is 2.68 bits per heavy atom. The molecule has 3 rings (SSSR count). The van der Waals surface area contributed by atoms with E-state index in [1.54, 1.807) is 13.2 Å². The fourth-order valence-electron chi connectivity index (χ4n) is 2.14. The first-order valence-electron chi connectivity index (χ1n) is 7.62. The number of rotatable bonds is 6. The summed E-state index contributed by atoms with van der Waals surface area (Å²) < 4.78 is 10.8. The van der Waals surface area contributed by atoms with Gasteiger partial charge in [0, 0.05) is 4.90 Å². The van der Waals surface area contributed by atoms with Crippen molar-refractivity contribution in [3.63, 3.8) is 0 Å². The minimum absolute atomic E-state index is 0.0652. The van der Waals surface area contributed by atoms with Crippen molar-refractivity contribution in [2.24, 2.45) is 0 Å². The van der Waals surface area contributed by atoms with E-state index in [1.807, 2.05) is 49.4 Å². The summed E-state index contributed by atoms with van der Waals surface area (Å²) in [6, 6.07) is 15.4. The number of aromatic nitrogens is 2. The normalized spacial score (nSPS) is 10.5. The van der Waals surface area contributed by atoms with Gasteiger partial charge in [0.25, 0.3) is 5.89 Å². The fourth-order valence-corrected chi connectivity index (χ4v) is 2.84. The minimum Gasteiger partial charge on any atom is -0.496 e. The van der Waals surface area contributed by atoms with Gasteiger partial charge in [-0.2, -0.15) is 0 Å². The minimum atomic E-state index is -0.208. The number of carbonyl (C=O) groups is 1. The summed E-state index contributed by atoms with van der Waals surface area (Å²) >= 11 is 1.44. The maximum atomic E-state index is 12.0. The predicted octanol–water partition coefficient (Wildman–Crippen LogP) is 3.78. The Balaban J connectivity index is 1.61. The van der Waals surface area contributed by atoms with Crippen LogP contribution in [0.4, 0.5) is 6.01 Å². The molecule has 0 saturated heterocycles. The lowest BCUT2D eigenvalue weighted by atomic mass is 10.2. The maximum absolute atomic E-state index is 12.0. The summed E-state index contributed by atoms with van der Waals surface area (Å²) in [7, 11) is 1.57. The highest BCUT2D eigenvalue weighted by molar-refractivity contribution is 8.00. The Morgan fingerprint density at radius 1 is 1.16 bits per heavy atom. The van der Waals surface area contributed by atoms with Crippen molar-refractivity contribution in [1.29, 1.82) is 0 Å². The molecule has 1 heterocycles. The molecule has 3 aromatic rings. The standard InChI is InChI=1S/C18H17N3O3S/c1-12-7-9-13(10-8-12)25-11-16(22)19-18-21-20-17(24-18)14-5-3-4-6-15(14)23-2/h3-10H,11H2,1-2H3,(H,19,21,22). The van der Waals surface area contributed by atoms with E-state index in [2.05, 4.69) is 15.5 Å². The van der Waals surface area contributed by atoms with Crippen molar-refractivity contribution in [3.8, 4) is 17.2 Å². The van der Waals surface area contributed by atoms with E-state index >= 15 is 0 Å². The van der Waals surface area contributed by atoms with Crippen molar-refractivity contribution in [1.82, 2.24) is 10.2 Å². The number of benzene rings is 2. The lowest BCUT2D eigenvalue weighted by Gasteiger charge is -2.03.